The van der Waals surface area contributed by atoms with Crippen molar-refractivity contribution in [1.29, 1.82) is 0 Å². The summed E-state index contributed by atoms with van der Waals surface area (Å²) in [6, 6.07) is 2.87. The highest BCUT2D eigenvalue weighted by atomic mass is 32.2. The van der Waals surface area contributed by atoms with Crippen molar-refractivity contribution in [1.82, 2.24) is 0 Å². The van der Waals surface area contributed by atoms with E-state index in [9.17, 15) is 13.0 Å². The van der Waals surface area contributed by atoms with Crippen LogP contribution in [0.15, 0.2) is 23.1 Å². The van der Waals surface area contributed by atoms with Crippen LogP contribution < -0.4 is 5.14 Å². The van der Waals surface area contributed by atoms with Gasteiger partial charge in [-0.1, -0.05) is 0 Å². The first kappa shape index (κ1) is 8.29. The fourth-order valence-electron chi connectivity index (χ4n) is 0.602. The Hall–Kier alpha value is -0.810. The molecule has 2 N–H and O–H groups in total. The molecule has 1 unspecified atom stereocenters. The van der Waals surface area contributed by atoms with Crippen molar-refractivity contribution in [2.24, 2.45) is 5.14 Å². The van der Waals surface area contributed by atoms with Gasteiger partial charge in [-0.15, -0.1) is 0 Å². The van der Waals surface area contributed by atoms with Gasteiger partial charge in [-0.3, -0.25) is 0 Å². The molecular formula is C6H5F2NOS. The highest BCUT2D eigenvalue weighted by Gasteiger charge is 2.04. The van der Waals surface area contributed by atoms with Crippen LogP contribution in [0.25, 0.3) is 0 Å². The molecule has 1 aromatic rings. The monoisotopic (exact) mass is 177 g/mol. The van der Waals surface area contributed by atoms with E-state index in [4.69, 9.17) is 5.14 Å². The van der Waals surface area contributed by atoms with Crippen molar-refractivity contribution in [3.05, 3.63) is 29.8 Å². The van der Waals surface area contributed by atoms with Crippen LogP contribution in [-0.2, 0) is 11.0 Å². The minimum atomic E-state index is -1.75. The summed E-state index contributed by atoms with van der Waals surface area (Å²) in [7, 11) is -1.75. The van der Waals surface area contributed by atoms with Gasteiger partial charge in [0.2, 0.25) is 0 Å². The summed E-state index contributed by atoms with van der Waals surface area (Å²) in [5, 5.41) is 4.92. The van der Waals surface area contributed by atoms with E-state index in [1.807, 2.05) is 0 Å². The smallest absolute Gasteiger partial charge is 0.160 e. The molecule has 0 fully saturated rings. The van der Waals surface area contributed by atoms with Crippen molar-refractivity contribution in [3.63, 3.8) is 0 Å². The van der Waals surface area contributed by atoms with Gasteiger partial charge in [-0.2, -0.15) is 0 Å². The number of hydrogen-bond donors (Lipinski definition) is 1. The molecule has 0 radical (unpaired) electrons. The minimum absolute atomic E-state index is 0.0731. The third-order valence-electron chi connectivity index (χ3n) is 1.12. The van der Waals surface area contributed by atoms with Gasteiger partial charge in [0.1, 0.15) is 11.0 Å². The second kappa shape index (κ2) is 3.06. The number of rotatable bonds is 1. The molecule has 0 aromatic heterocycles. The Morgan fingerprint density at radius 1 is 1.27 bits per heavy atom. The third-order valence-corrected chi connectivity index (χ3v) is 1.84. The first-order chi connectivity index (χ1) is 5.11. The number of benzene rings is 1. The van der Waals surface area contributed by atoms with E-state index in [-0.39, 0.29) is 4.90 Å². The van der Waals surface area contributed by atoms with Crippen molar-refractivity contribution in [2.45, 2.75) is 4.90 Å². The first-order valence-corrected chi connectivity index (χ1v) is 3.94. The summed E-state index contributed by atoms with van der Waals surface area (Å²) >= 11 is 0. The molecule has 0 amide bonds. The van der Waals surface area contributed by atoms with E-state index in [1.54, 1.807) is 0 Å². The van der Waals surface area contributed by atoms with Gasteiger partial charge < -0.3 is 0 Å². The predicted molar refractivity (Wildman–Crippen MR) is 37.0 cm³/mol. The second-order valence-electron chi connectivity index (χ2n) is 1.87. The largest absolute Gasteiger partial charge is 0.248 e. The summed E-state index contributed by atoms with van der Waals surface area (Å²) in [5.41, 5.74) is 0. The molecule has 1 aromatic carbocycles. The van der Waals surface area contributed by atoms with Crippen LogP contribution in [0.3, 0.4) is 0 Å². The van der Waals surface area contributed by atoms with Crippen LogP contribution in [0, 0.1) is 11.6 Å². The number of nitrogens with two attached hydrogens (primary N) is 1. The summed E-state index contributed by atoms with van der Waals surface area (Å²) < 4.78 is 35.1. The zero-order chi connectivity index (χ0) is 8.43. The van der Waals surface area contributed by atoms with E-state index < -0.39 is 22.6 Å². The highest BCUT2D eigenvalue weighted by Crippen LogP contribution is 2.09. The van der Waals surface area contributed by atoms with Gasteiger partial charge in [0.25, 0.3) is 0 Å². The topological polar surface area (TPSA) is 43.1 Å². The molecule has 1 rings (SSSR count). The van der Waals surface area contributed by atoms with Crippen molar-refractivity contribution >= 4 is 11.0 Å². The van der Waals surface area contributed by atoms with Crippen LogP contribution in [-0.4, -0.2) is 4.21 Å². The third kappa shape index (κ3) is 1.81. The zero-order valence-corrected chi connectivity index (χ0v) is 6.20. The normalized spacial score (nSPS) is 13.0. The Labute approximate surface area is 64.6 Å². The fourth-order valence-corrected chi connectivity index (χ4v) is 1.02. The lowest BCUT2D eigenvalue weighted by atomic mass is 10.3. The van der Waals surface area contributed by atoms with Gasteiger partial charge in [-0.25, -0.2) is 18.1 Å². The molecule has 2 nitrogen and oxygen atoms in total. The molecular weight excluding hydrogens is 172 g/mol. The van der Waals surface area contributed by atoms with E-state index >= 15 is 0 Å². The molecule has 1 atom stereocenters. The molecule has 5 heteroatoms. The molecule has 0 heterocycles. The summed E-state index contributed by atoms with van der Waals surface area (Å²) in [6.45, 7) is 0. The Balaban J connectivity index is 3.15. The van der Waals surface area contributed by atoms with Crippen LogP contribution in [0.5, 0.6) is 0 Å². The van der Waals surface area contributed by atoms with Crippen molar-refractivity contribution < 1.29 is 13.0 Å². The summed E-state index contributed by atoms with van der Waals surface area (Å²) in [5.74, 6) is -2.01. The summed E-state index contributed by atoms with van der Waals surface area (Å²) in [4.78, 5) is 0.0731. The number of hydrogen-bond acceptors (Lipinski definition) is 1. The molecule has 60 valence electrons. The lowest BCUT2D eigenvalue weighted by Crippen LogP contribution is -2.03. The predicted octanol–water partition coefficient (Wildman–Crippen LogP) is 0.946. The maximum absolute atomic E-state index is 12.4. The molecule has 0 bridgehead atoms. The lowest BCUT2D eigenvalue weighted by molar-refractivity contribution is 0.505. The van der Waals surface area contributed by atoms with Crippen molar-refractivity contribution in [2.75, 3.05) is 0 Å². The van der Waals surface area contributed by atoms with Gasteiger partial charge in [0, 0.05) is 0 Å². The molecule has 0 spiro atoms. The Kier molecular flexibility index (Phi) is 2.31. The van der Waals surface area contributed by atoms with E-state index in [0.29, 0.717) is 0 Å². The molecule has 0 aliphatic rings. The quantitative estimate of drug-likeness (QED) is 0.681. The van der Waals surface area contributed by atoms with Crippen LogP contribution in [0.4, 0.5) is 8.78 Å². The van der Waals surface area contributed by atoms with Crippen LogP contribution >= 0.6 is 0 Å². The van der Waals surface area contributed by atoms with Gasteiger partial charge in [0.05, 0.1) is 4.90 Å². The van der Waals surface area contributed by atoms with E-state index in [0.717, 1.165) is 12.1 Å². The SMILES string of the molecule is NS(=O)c1ccc(F)c(F)c1. The van der Waals surface area contributed by atoms with Gasteiger partial charge in [-0.05, 0) is 18.2 Å². The Bertz CT molecular complexity index is 303. The lowest BCUT2D eigenvalue weighted by Gasteiger charge is -1.95. The average Bonchev–Trinajstić information content (AvgIpc) is 1.94. The van der Waals surface area contributed by atoms with Gasteiger partial charge in [0.15, 0.2) is 11.6 Å². The summed E-state index contributed by atoms with van der Waals surface area (Å²) in [6.07, 6.45) is 0. The second-order valence-corrected chi connectivity index (χ2v) is 2.94. The molecule has 0 aliphatic carbocycles. The molecule has 0 saturated carbocycles. The van der Waals surface area contributed by atoms with Gasteiger partial charge >= 0.3 is 0 Å². The Morgan fingerprint density at radius 2 is 1.91 bits per heavy atom. The van der Waals surface area contributed by atoms with Crippen LogP contribution in [0.2, 0.25) is 0 Å². The highest BCUT2D eigenvalue weighted by molar-refractivity contribution is 7.82. The maximum atomic E-state index is 12.4. The van der Waals surface area contributed by atoms with Crippen molar-refractivity contribution in [3.8, 4) is 0 Å². The first-order valence-electron chi connectivity index (χ1n) is 2.72. The average molecular weight is 177 g/mol. The zero-order valence-electron chi connectivity index (χ0n) is 5.38. The van der Waals surface area contributed by atoms with Crippen LogP contribution in [0.1, 0.15) is 0 Å². The minimum Gasteiger partial charge on any atom is -0.248 e. The Morgan fingerprint density at radius 3 is 2.36 bits per heavy atom. The standard InChI is InChI=1S/C6H5F2NOS/c7-5-2-1-4(11(9)10)3-6(5)8/h1-3H,9H2. The molecule has 0 saturated heterocycles. The molecule has 0 aliphatic heterocycles. The molecule has 11 heavy (non-hydrogen) atoms. The van der Waals surface area contributed by atoms with E-state index in [1.165, 1.54) is 6.07 Å². The fraction of sp³-hybridized carbons (Fsp3) is 0. The van der Waals surface area contributed by atoms with E-state index in [2.05, 4.69) is 0 Å². The maximum Gasteiger partial charge on any atom is 0.160 e. The number of halogens is 2.